The Hall–Kier alpha value is -3.13. The number of rotatable bonds is 4. The Morgan fingerprint density at radius 3 is 2.67 bits per heavy atom. The summed E-state index contributed by atoms with van der Waals surface area (Å²) in [6.07, 6.45) is 1.96. The average molecular weight is 361 g/mol. The van der Waals surface area contributed by atoms with Crippen molar-refractivity contribution >= 4 is 11.8 Å². The molecular weight excluding hydrogens is 338 g/mol. The minimum Gasteiger partial charge on any atom is -0.356 e. The van der Waals surface area contributed by atoms with Gasteiger partial charge < -0.3 is 10.2 Å². The van der Waals surface area contributed by atoms with Gasteiger partial charge in [0.05, 0.1) is 11.6 Å². The maximum Gasteiger partial charge on any atom is 0.253 e. The van der Waals surface area contributed by atoms with Crippen LogP contribution in [0.3, 0.4) is 0 Å². The topological polar surface area (TPSA) is 73.2 Å². The van der Waals surface area contributed by atoms with Crippen LogP contribution in [0.4, 0.5) is 0 Å². The van der Waals surface area contributed by atoms with Gasteiger partial charge >= 0.3 is 0 Å². The van der Waals surface area contributed by atoms with Gasteiger partial charge in [-0.25, -0.2) is 0 Å². The molecule has 1 N–H and O–H groups in total. The minimum absolute atomic E-state index is 0.0146. The first-order valence-electron chi connectivity index (χ1n) is 9.21. The summed E-state index contributed by atoms with van der Waals surface area (Å²) in [7, 11) is 0. The Labute approximate surface area is 159 Å². The number of carbonyl (C=O) groups excluding carboxylic acids is 2. The molecule has 1 aliphatic heterocycles. The molecule has 2 aromatic carbocycles. The summed E-state index contributed by atoms with van der Waals surface area (Å²) >= 11 is 0. The number of benzene rings is 2. The van der Waals surface area contributed by atoms with Gasteiger partial charge in [0.25, 0.3) is 5.91 Å². The van der Waals surface area contributed by atoms with Crippen molar-refractivity contribution in [1.82, 2.24) is 10.2 Å². The Bertz CT molecular complexity index is 885. The van der Waals surface area contributed by atoms with E-state index in [0.717, 1.165) is 30.5 Å². The van der Waals surface area contributed by atoms with E-state index in [9.17, 15) is 9.59 Å². The molecule has 1 aliphatic rings. The van der Waals surface area contributed by atoms with Crippen LogP contribution in [0, 0.1) is 17.2 Å². The van der Waals surface area contributed by atoms with Crippen LogP contribution in [-0.2, 0) is 4.79 Å². The zero-order valence-corrected chi connectivity index (χ0v) is 15.4. The Morgan fingerprint density at radius 1 is 1.19 bits per heavy atom. The van der Waals surface area contributed by atoms with Crippen molar-refractivity contribution in [2.75, 3.05) is 19.6 Å². The fourth-order valence-electron chi connectivity index (χ4n) is 3.49. The first-order valence-corrected chi connectivity index (χ1v) is 9.21. The molecule has 3 rings (SSSR count). The maximum atomic E-state index is 13.0. The zero-order valence-electron chi connectivity index (χ0n) is 15.4. The quantitative estimate of drug-likeness (QED) is 0.909. The number of carbonyl (C=O) groups is 2. The second-order valence-corrected chi connectivity index (χ2v) is 6.97. The van der Waals surface area contributed by atoms with Gasteiger partial charge in [-0.3, -0.25) is 9.59 Å². The van der Waals surface area contributed by atoms with Gasteiger partial charge in [0, 0.05) is 32.1 Å². The molecule has 0 spiro atoms. The second-order valence-electron chi connectivity index (χ2n) is 6.97. The van der Waals surface area contributed by atoms with Crippen LogP contribution in [-0.4, -0.2) is 36.3 Å². The molecule has 1 unspecified atom stereocenters. The first kappa shape index (κ1) is 18.7. The normalized spacial score (nSPS) is 16.4. The van der Waals surface area contributed by atoms with Gasteiger partial charge in [0.2, 0.25) is 5.91 Å². The lowest BCUT2D eigenvalue weighted by molar-refractivity contribution is -0.119. The third-order valence-corrected chi connectivity index (χ3v) is 4.88. The number of hydrogen-bond donors (Lipinski definition) is 1. The third kappa shape index (κ3) is 4.73. The molecule has 1 fully saturated rings. The van der Waals surface area contributed by atoms with Gasteiger partial charge in [-0.15, -0.1) is 0 Å². The van der Waals surface area contributed by atoms with Crippen molar-refractivity contribution < 1.29 is 9.59 Å². The summed E-state index contributed by atoms with van der Waals surface area (Å²) in [4.78, 5) is 26.0. The Morgan fingerprint density at radius 2 is 1.93 bits per heavy atom. The summed E-state index contributed by atoms with van der Waals surface area (Å²) in [5.41, 5.74) is 3.09. The SMILES string of the molecule is CC(=O)NCC1CCCN(C(=O)c2cccc(-c3cccc(C#N)c3)c2)C1. The second kappa shape index (κ2) is 8.50. The third-order valence-electron chi connectivity index (χ3n) is 4.88. The highest BCUT2D eigenvalue weighted by atomic mass is 16.2. The van der Waals surface area contributed by atoms with Gasteiger partial charge in [-0.1, -0.05) is 24.3 Å². The summed E-state index contributed by atoms with van der Waals surface area (Å²) < 4.78 is 0. The van der Waals surface area contributed by atoms with Crippen molar-refractivity contribution in [1.29, 1.82) is 5.26 Å². The van der Waals surface area contributed by atoms with E-state index in [4.69, 9.17) is 5.26 Å². The highest BCUT2D eigenvalue weighted by Gasteiger charge is 2.24. The van der Waals surface area contributed by atoms with Crippen molar-refractivity contribution in [2.24, 2.45) is 5.92 Å². The number of likely N-dealkylation sites (tertiary alicyclic amines) is 1. The number of nitrogens with zero attached hydrogens (tertiary/aromatic N) is 2. The van der Waals surface area contributed by atoms with Crippen LogP contribution in [0.15, 0.2) is 48.5 Å². The van der Waals surface area contributed by atoms with E-state index in [-0.39, 0.29) is 11.8 Å². The minimum atomic E-state index is -0.0363. The molecule has 0 saturated carbocycles. The lowest BCUT2D eigenvalue weighted by atomic mass is 9.96. The summed E-state index contributed by atoms with van der Waals surface area (Å²) in [6, 6.07) is 17.1. The van der Waals surface area contributed by atoms with Crippen molar-refractivity contribution in [3.63, 3.8) is 0 Å². The molecule has 1 heterocycles. The largest absolute Gasteiger partial charge is 0.356 e. The number of piperidine rings is 1. The van der Waals surface area contributed by atoms with Crippen molar-refractivity contribution in [3.05, 3.63) is 59.7 Å². The molecule has 0 radical (unpaired) electrons. The fraction of sp³-hybridized carbons (Fsp3) is 0.318. The molecule has 1 saturated heterocycles. The number of amides is 2. The molecule has 27 heavy (non-hydrogen) atoms. The van der Waals surface area contributed by atoms with E-state index in [1.54, 1.807) is 6.07 Å². The van der Waals surface area contributed by atoms with Crippen LogP contribution >= 0.6 is 0 Å². The van der Waals surface area contributed by atoms with Crippen LogP contribution in [0.25, 0.3) is 11.1 Å². The van der Waals surface area contributed by atoms with E-state index in [2.05, 4.69) is 11.4 Å². The van der Waals surface area contributed by atoms with Gasteiger partial charge in [0.15, 0.2) is 0 Å². The maximum absolute atomic E-state index is 13.0. The number of nitrogens with one attached hydrogen (secondary N) is 1. The summed E-state index contributed by atoms with van der Waals surface area (Å²) in [5.74, 6) is 0.272. The van der Waals surface area contributed by atoms with E-state index < -0.39 is 0 Å². The highest BCUT2D eigenvalue weighted by molar-refractivity contribution is 5.95. The molecular formula is C22H23N3O2. The van der Waals surface area contributed by atoms with Gasteiger partial charge in [-0.2, -0.15) is 5.26 Å². The van der Waals surface area contributed by atoms with Crippen LogP contribution in [0.1, 0.15) is 35.7 Å². The first-order chi connectivity index (χ1) is 13.1. The summed E-state index contributed by atoms with van der Waals surface area (Å²) in [5, 5.41) is 11.9. The zero-order chi connectivity index (χ0) is 19.2. The molecule has 2 amide bonds. The molecule has 0 aromatic heterocycles. The fourth-order valence-corrected chi connectivity index (χ4v) is 3.49. The molecule has 2 aromatic rings. The monoisotopic (exact) mass is 361 g/mol. The Balaban J connectivity index is 1.75. The molecule has 0 bridgehead atoms. The molecule has 0 aliphatic carbocycles. The molecule has 5 nitrogen and oxygen atoms in total. The predicted octanol–water partition coefficient (Wildman–Crippen LogP) is 3.21. The van der Waals surface area contributed by atoms with Crippen LogP contribution < -0.4 is 5.32 Å². The van der Waals surface area contributed by atoms with Gasteiger partial charge in [0.1, 0.15) is 0 Å². The van der Waals surface area contributed by atoms with E-state index in [0.29, 0.717) is 30.1 Å². The van der Waals surface area contributed by atoms with Crippen LogP contribution in [0.5, 0.6) is 0 Å². The van der Waals surface area contributed by atoms with Crippen LogP contribution in [0.2, 0.25) is 0 Å². The molecule has 1 atom stereocenters. The Kier molecular flexibility index (Phi) is 5.87. The van der Waals surface area contributed by atoms with E-state index in [1.165, 1.54) is 6.92 Å². The summed E-state index contributed by atoms with van der Waals surface area (Å²) in [6.45, 7) is 3.52. The lowest BCUT2D eigenvalue weighted by Gasteiger charge is -2.33. The predicted molar refractivity (Wildman–Crippen MR) is 104 cm³/mol. The standard InChI is InChI=1S/C22H23N3O2/c1-16(26)24-14-18-6-4-10-25(15-18)22(27)21-9-3-8-20(12-21)19-7-2-5-17(11-19)13-23/h2-3,5,7-9,11-12,18H,4,6,10,14-15H2,1H3,(H,24,26). The molecule has 138 valence electrons. The highest BCUT2D eigenvalue weighted by Crippen LogP contribution is 2.24. The van der Waals surface area contributed by atoms with E-state index in [1.807, 2.05) is 47.4 Å². The van der Waals surface area contributed by atoms with Gasteiger partial charge in [-0.05, 0) is 54.2 Å². The average Bonchev–Trinajstić information content (AvgIpc) is 2.72. The van der Waals surface area contributed by atoms with E-state index >= 15 is 0 Å². The molecule has 5 heteroatoms. The smallest absolute Gasteiger partial charge is 0.253 e. The van der Waals surface area contributed by atoms with Crippen molar-refractivity contribution in [3.8, 4) is 17.2 Å². The lowest BCUT2D eigenvalue weighted by Crippen LogP contribution is -2.43. The number of hydrogen-bond acceptors (Lipinski definition) is 3. The van der Waals surface area contributed by atoms with Crippen molar-refractivity contribution in [2.45, 2.75) is 19.8 Å². The number of nitriles is 1.